The third-order valence-electron chi connectivity index (χ3n) is 10.1. The fourth-order valence-electron chi connectivity index (χ4n) is 7.79. The first-order valence-corrected chi connectivity index (χ1v) is 17.6. The molecule has 0 saturated carbocycles. The predicted molar refractivity (Wildman–Crippen MR) is 207 cm³/mol. The van der Waals surface area contributed by atoms with Crippen LogP contribution in [0.1, 0.15) is 0 Å². The van der Waals surface area contributed by atoms with Crippen LogP contribution in [0.25, 0.3) is 98.8 Å². The molecule has 0 amide bonds. The molecule has 0 fully saturated rings. The number of thiophene rings is 1. The van der Waals surface area contributed by atoms with Crippen LogP contribution in [0.4, 0.5) is 0 Å². The van der Waals surface area contributed by atoms with E-state index in [1.165, 1.54) is 4.70 Å². The van der Waals surface area contributed by atoms with Gasteiger partial charge in [0.25, 0.3) is 0 Å². The molecule has 0 aliphatic carbocycles. The first-order chi connectivity index (χ1) is 25.3. The van der Waals surface area contributed by atoms with Crippen molar-refractivity contribution in [2.45, 2.75) is 0 Å². The highest BCUT2D eigenvalue weighted by Gasteiger charge is 2.22. The summed E-state index contributed by atoms with van der Waals surface area (Å²) in [5.74, 6) is 2.28. The summed E-state index contributed by atoms with van der Waals surface area (Å²) in [6.07, 6.45) is 1.94. The largest absolute Gasteiger partial charge is 0.278 e. The van der Waals surface area contributed by atoms with Crippen molar-refractivity contribution in [1.82, 2.24) is 37.9 Å². The highest BCUT2D eigenvalue weighted by Crippen LogP contribution is 2.37. The van der Waals surface area contributed by atoms with Gasteiger partial charge in [-0.2, -0.15) is 0 Å². The molecule has 9 heteroatoms. The Hall–Kier alpha value is -6.84. The summed E-state index contributed by atoms with van der Waals surface area (Å²) >= 11 is 1.72. The first-order valence-electron chi connectivity index (χ1n) is 16.8. The Balaban J connectivity index is 1.12. The molecule has 0 radical (unpaired) electrons. The van der Waals surface area contributed by atoms with E-state index in [1.807, 2.05) is 24.4 Å². The van der Waals surface area contributed by atoms with Crippen molar-refractivity contribution >= 4 is 87.3 Å². The van der Waals surface area contributed by atoms with Gasteiger partial charge in [0.15, 0.2) is 0 Å². The minimum Gasteiger partial charge on any atom is -0.278 e. The number of aromatic nitrogens is 8. The van der Waals surface area contributed by atoms with Crippen LogP contribution in [-0.2, 0) is 0 Å². The zero-order valence-corrected chi connectivity index (χ0v) is 27.7. The zero-order chi connectivity index (χ0) is 33.2. The van der Waals surface area contributed by atoms with Gasteiger partial charge in [-0.1, -0.05) is 72.8 Å². The minimum atomic E-state index is 0.604. The molecular weight excluding hydrogens is 649 g/mol. The Bertz CT molecular complexity index is 3380. The summed E-state index contributed by atoms with van der Waals surface area (Å²) in [7, 11) is 0. The Kier molecular flexibility index (Phi) is 5.23. The van der Waals surface area contributed by atoms with Crippen LogP contribution in [-0.4, -0.2) is 37.9 Å². The van der Waals surface area contributed by atoms with Gasteiger partial charge in [-0.15, -0.1) is 11.3 Å². The summed E-state index contributed by atoms with van der Waals surface area (Å²) in [6.45, 7) is 0. The van der Waals surface area contributed by atoms with Crippen molar-refractivity contribution in [1.29, 1.82) is 0 Å². The van der Waals surface area contributed by atoms with Crippen molar-refractivity contribution in [2.24, 2.45) is 0 Å². The summed E-state index contributed by atoms with van der Waals surface area (Å²) in [6, 6.07) is 48.8. The summed E-state index contributed by atoms with van der Waals surface area (Å²) < 4.78 is 11.1. The number of para-hydroxylation sites is 5. The number of hydrogen-bond acceptors (Lipinski definition) is 5. The Morgan fingerprint density at radius 3 is 1.75 bits per heavy atom. The van der Waals surface area contributed by atoms with Gasteiger partial charge < -0.3 is 0 Å². The lowest BCUT2D eigenvalue weighted by atomic mass is 10.0. The van der Waals surface area contributed by atoms with E-state index in [4.69, 9.17) is 19.9 Å². The maximum absolute atomic E-state index is 5.16. The smallest absolute Gasteiger partial charge is 0.237 e. The van der Waals surface area contributed by atoms with E-state index in [2.05, 4.69) is 139 Å². The second-order valence-electron chi connectivity index (χ2n) is 12.9. The Morgan fingerprint density at radius 1 is 0.451 bits per heavy atom. The number of imidazole rings is 4. The monoisotopic (exact) mass is 672 g/mol. The highest BCUT2D eigenvalue weighted by atomic mass is 32.1. The number of hydrogen-bond donors (Lipinski definition) is 0. The van der Waals surface area contributed by atoms with Crippen LogP contribution in [0.15, 0.2) is 146 Å². The molecule has 0 spiro atoms. The fourth-order valence-corrected chi connectivity index (χ4v) is 8.81. The van der Waals surface area contributed by atoms with Crippen molar-refractivity contribution in [3.63, 3.8) is 0 Å². The molecule has 238 valence electrons. The summed E-state index contributed by atoms with van der Waals surface area (Å²) in [5, 5.41) is 1.14. The van der Waals surface area contributed by atoms with E-state index in [-0.39, 0.29) is 0 Å². The van der Waals surface area contributed by atoms with Crippen LogP contribution in [0.2, 0.25) is 0 Å². The molecule has 8 nitrogen and oxygen atoms in total. The van der Waals surface area contributed by atoms with Gasteiger partial charge in [-0.25, -0.2) is 24.5 Å². The average Bonchev–Trinajstić information content (AvgIpc) is 3.98. The fraction of sp³-hybridized carbons (Fsp3) is 0. The van der Waals surface area contributed by atoms with Crippen LogP contribution in [0, 0.1) is 0 Å². The van der Waals surface area contributed by atoms with Crippen LogP contribution < -0.4 is 0 Å². The lowest BCUT2D eigenvalue weighted by molar-refractivity contribution is 0.986. The van der Waals surface area contributed by atoms with Gasteiger partial charge >= 0.3 is 0 Å². The topological polar surface area (TPSA) is 70.2 Å². The quantitative estimate of drug-likeness (QED) is 0.187. The van der Waals surface area contributed by atoms with Crippen molar-refractivity contribution in [3.8, 4) is 22.8 Å². The number of rotatable bonds is 3. The van der Waals surface area contributed by atoms with E-state index in [9.17, 15) is 0 Å². The number of fused-ring (bicyclic) bond motifs is 13. The molecule has 0 aliphatic heterocycles. The third-order valence-corrected chi connectivity index (χ3v) is 11.1. The molecule has 6 aromatic heterocycles. The van der Waals surface area contributed by atoms with E-state index < -0.39 is 0 Å². The number of benzene rings is 6. The lowest BCUT2D eigenvalue weighted by Crippen LogP contribution is -2.01. The molecule has 0 atom stereocenters. The summed E-state index contributed by atoms with van der Waals surface area (Å²) in [4.78, 5) is 20.3. The second kappa shape index (κ2) is 9.87. The molecule has 6 heterocycles. The second-order valence-corrected chi connectivity index (χ2v) is 14.0. The van der Waals surface area contributed by atoms with Gasteiger partial charge in [-0.05, 0) is 77.9 Å². The predicted octanol–water partition coefficient (Wildman–Crippen LogP) is 10.0. The number of nitrogens with zero attached hydrogens (tertiary/aromatic N) is 8. The summed E-state index contributed by atoms with van der Waals surface area (Å²) in [5.41, 5.74) is 12.5. The van der Waals surface area contributed by atoms with E-state index in [0.29, 0.717) is 5.95 Å². The van der Waals surface area contributed by atoms with Crippen LogP contribution in [0.3, 0.4) is 0 Å². The molecule has 6 aromatic carbocycles. The van der Waals surface area contributed by atoms with Crippen molar-refractivity contribution in [3.05, 3.63) is 146 Å². The average molecular weight is 673 g/mol. The molecule has 0 N–H and O–H groups in total. The van der Waals surface area contributed by atoms with Gasteiger partial charge in [0, 0.05) is 15.8 Å². The third kappa shape index (κ3) is 3.67. The van der Waals surface area contributed by atoms with Crippen LogP contribution in [0.5, 0.6) is 0 Å². The minimum absolute atomic E-state index is 0.604. The van der Waals surface area contributed by atoms with Crippen LogP contribution >= 0.6 is 11.3 Å². The standard InChI is InChI=1S/C42H24N8S/c1-2-10-27(11-3-1)47-33-20-18-25(22-35(33)48-31-15-7-5-13-29(31)44-41(47)48)26-19-21-34-36(23-26)49-32-16-8-6-14-30(32)45-42(49)50(34)40-43-24-38-39(46-40)28-12-4-9-17-37(28)51-38/h1-24H. The molecule has 0 saturated heterocycles. The van der Waals surface area contributed by atoms with Gasteiger partial charge in [0.1, 0.15) is 0 Å². The zero-order valence-electron chi connectivity index (χ0n) is 26.8. The molecular formula is C42H24N8S. The molecule has 0 bridgehead atoms. The maximum atomic E-state index is 5.16. The molecule has 12 aromatic rings. The molecule has 0 unspecified atom stereocenters. The van der Waals surface area contributed by atoms with E-state index in [1.54, 1.807) is 11.3 Å². The SMILES string of the molecule is c1ccc(-n2c3ccc(-c4ccc5c(c4)n4c6ccccc6nc4n5-c4ncc5sc6ccccc6c5n4)cc3n3c4ccccc4nc23)cc1. The van der Waals surface area contributed by atoms with Gasteiger partial charge in [-0.3, -0.25) is 13.4 Å². The molecule has 12 rings (SSSR count). The van der Waals surface area contributed by atoms with E-state index >= 15 is 0 Å². The first kappa shape index (κ1) is 27.0. The van der Waals surface area contributed by atoms with Crippen molar-refractivity contribution in [2.75, 3.05) is 0 Å². The van der Waals surface area contributed by atoms with E-state index in [0.717, 1.165) is 88.1 Å². The lowest BCUT2D eigenvalue weighted by Gasteiger charge is -2.07. The van der Waals surface area contributed by atoms with Gasteiger partial charge in [0.2, 0.25) is 17.5 Å². The Labute approximate surface area is 292 Å². The van der Waals surface area contributed by atoms with Crippen molar-refractivity contribution < 1.29 is 0 Å². The Morgan fingerprint density at radius 2 is 1.04 bits per heavy atom. The molecule has 51 heavy (non-hydrogen) atoms. The molecule has 0 aliphatic rings. The van der Waals surface area contributed by atoms with Gasteiger partial charge in [0.05, 0.1) is 60.5 Å². The normalized spacial score (nSPS) is 12.3. The highest BCUT2D eigenvalue weighted by molar-refractivity contribution is 7.25. The maximum Gasteiger partial charge on any atom is 0.237 e.